The van der Waals surface area contributed by atoms with Crippen molar-refractivity contribution in [2.75, 3.05) is 0 Å². The lowest BCUT2D eigenvalue weighted by Gasteiger charge is -2.36. The summed E-state index contributed by atoms with van der Waals surface area (Å²) in [6.45, 7) is 4.77. The van der Waals surface area contributed by atoms with Crippen LogP contribution < -0.4 is 11.1 Å². The van der Waals surface area contributed by atoms with E-state index >= 15 is 0 Å². The van der Waals surface area contributed by atoms with E-state index in [0.29, 0.717) is 0 Å². The van der Waals surface area contributed by atoms with Crippen molar-refractivity contribution in [3.8, 4) is 0 Å². The summed E-state index contributed by atoms with van der Waals surface area (Å²) in [5.74, 6) is -0.346. The van der Waals surface area contributed by atoms with Gasteiger partial charge in [0.15, 0.2) is 0 Å². The number of carbonyl (C=O) groups excluding carboxylic acids is 1. The third-order valence-electron chi connectivity index (χ3n) is 3.47. The molecule has 0 saturated carbocycles. The Hall–Kier alpha value is -2.48. The van der Waals surface area contributed by atoms with Gasteiger partial charge in [-0.3, -0.25) is 10.1 Å². The second-order valence-corrected chi connectivity index (χ2v) is 6.83. The molecule has 2 atom stereocenters. The highest BCUT2D eigenvalue weighted by atomic mass is 19.4. The Labute approximate surface area is 149 Å². The van der Waals surface area contributed by atoms with Crippen LogP contribution in [0.5, 0.6) is 0 Å². The van der Waals surface area contributed by atoms with Crippen molar-refractivity contribution in [2.24, 2.45) is 5.73 Å². The van der Waals surface area contributed by atoms with E-state index in [4.69, 9.17) is 10.5 Å². The summed E-state index contributed by atoms with van der Waals surface area (Å²) in [7, 11) is 0. The molecule has 8 heteroatoms. The molecule has 1 aliphatic carbocycles. The number of ether oxygens (including phenoxy) is 2. The number of hydrogen-bond donors (Lipinski definition) is 2. The van der Waals surface area contributed by atoms with Crippen LogP contribution in [-0.2, 0) is 9.47 Å². The maximum absolute atomic E-state index is 12.9. The summed E-state index contributed by atoms with van der Waals surface area (Å²) in [6, 6.07) is 9.07. The Balaban J connectivity index is 2.31. The molecule has 2 unspecified atom stereocenters. The largest absolute Gasteiger partial charge is 0.525 e. The molecule has 0 aromatic heterocycles. The highest BCUT2D eigenvalue weighted by Gasteiger charge is 2.47. The number of rotatable bonds is 3. The fourth-order valence-electron chi connectivity index (χ4n) is 2.46. The number of alkyl halides is 3. The Kier molecular flexibility index (Phi) is 5.36. The highest BCUT2D eigenvalue weighted by molar-refractivity contribution is 5.70. The number of hydrogen-bond acceptors (Lipinski definition) is 4. The van der Waals surface area contributed by atoms with E-state index in [1.165, 1.54) is 12.2 Å². The summed E-state index contributed by atoms with van der Waals surface area (Å²) < 4.78 is 48.0. The molecule has 0 radical (unpaired) electrons. The van der Waals surface area contributed by atoms with E-state index in [-0.39, 0.29) is 11.6 Å². The van der Waals surface area contributed by atoms with Gasteiger partial charge in [-0.2, -0.15) is 0 Å². The number of allylic oxidation sites excluding steroid dienone is 2. The van der Waals surface area contributed by atoms with Crippen LogP contribution in [0.1, 0.15) is 32.3 Å². The molecule has 0 spiro atoms. The molecule has 1 amide bonds. The molecule has 1 aromatic carbocycles. The number of nitrogens with one attached hydrogen (secondary N) is 1. The first-order valence-corrected chi connectivity index (χ1v) is 7.90. The van der Waals surface area contributed by atoms with Crippen molar-refractivity contribution in [1.82, 2.24) is 5.32 Å². The van der Waals surface area contributed by atoms with Gasteiger partial charge in [0.05, 0.1) is 5.70 Å². The molecular formula is C18H21F3N2O3. The molecule has 0 saturated heterocycles. The summed E-state index contributed by atoms with van der Waals surface area (Å²) in [5.41, 5.74) is 3.15. The van der Waals surface area contributed by atoms with Gasteiger partial charge in [-0.05, 0) is 38.5 Å². The number of benzene rings is 1. The number of halogens is 3. The van der Waals surface area contributed by atoms with Gasteiger partial charge in [-0.25, -0.2) is 4.79 Å². The number of alkyl carbamates (subject to hydrolysis) is 1. The maximum atomic E-state index is 12.9. The van der Waals surface area contributed by atoms with Gasteiger partial charge in [0.1, 0.15) is 5.60 Å². The fraction of sp³-hybridized carbons (Fsp3) is 0.389. The van der Waals surface area contributed by atoms with E-state index < -0.39 is 23.8 Å². The second kappa shape index (κ2) is 7.03. The van der Waals surface area contributed by atoms with Gasteiger partial charge in [-0.1, -0.05) is 36.4 Å². The van der Waals surface area contributed by atoms with E-state index in [2.05, 4.69) is 10.1 Å². The Morgan fingerprint density at radius 3 is 2.31 bits per heavy atom. The lowest BCUT2D eigenvalue weighted by molar-refractivity contribution is -0.355. The molecular weight excluding hydrogens is 349 g/mol. The van der Waals surface area contributed by atoms with Crippen LogP contribution >= 0.6 is 0 Å². The second-order valence-electron chi connectivity index (χ2n) is 6.83. The molecule has 0 aliphatic heterocycles. The van der Waals surface area contributed by atoms with Crippen molar-refractivity contribution >= 4 is 6.09 Å². The van der Waals surface area contributed by atoms with Crippen LogP contribution in [0, 0.1) is 0 Å². The van der Waals surface area contributed by atoms with Crippen molar-refractivity contribution in [3.05, 3.63) is 59.8 Å². The Bertz CT molecular complexity index is 709. The number of amides is 1. The van der Waals surface area contributed by atoms with Crippen LogP contribution in [0.2, 0.25) is 0 Å². The zero-order valence-electron chi connectivity index (χ0n) is 14.6. The molecule has 5 nitrogen and oxygen atoms in total. The van der Waals surface area contributed by atoms with Crippen molar-refractivity contribution in [3.63, 3.8) is 0 Å². The molecule has 1 aliphatic rings. The first-order chi connectivity index (χ1) is 11.9. The standard InChI is InChI=1S/C18H21F3N2O3/c1-16(2,3)25-15(24)23-17(26-18(19,20)21)10-9-13(11-14(17)22)12-7-5-4-6-8-12/h4-11,13H,22H2,1-3H3,(H,23,24). The smallest absolute Gasteiger partial charge is 0.444 e. The minimum absolute atomic E-state index is 0.294. The quantitative estimate of drug-likeness (QED) is 0.624. The minimum Gasteiger partial charge on any atom is -0.444 e. The van der Waals surface area contributed by atoms with Crippen LogP contribution in [0.4, 0.5) is 18.0 Å². The predicted molar refractivity (Wildman–Crippen MR) is 89.8 cm³/mol. The van der Waals surface area contributed by atoms with E-state index in [0.717, 1.165) is 11.6 Å². The molecule has 2 rings (SSSR count). The molecule has 142 valence electrons. The zero-order valence-corrected chi connectivity index (χ0v) is 14.6. The van der Waals surface area contributed by atoms with E-state index in [9.17, 15) is 18.0 Å². The first-order valence-electron chi connectivity index (χ1n) is 7.90. The Morgan fingerprint density at radius 1 is 1.19 bits per heavy atom. The predicted octanol–water partition coefficient (Wildman–Crippen LogP) is 3.94. The van der Waals surface area contributed by atoms with E-state index in [1.807, 2.05) is 18.2 Å². The summed E-state index contributed by atoms with van der Waals surface area (Å²) >= 11 is 0. The van der Waals surface area contributed by atoms with Gasteiger partial charge in [0.2, 0.25) is 5.72 Å². The van der Waals surface area contributed by atoms with Crippen LogP contribution in [0.15, 0.2) is 54.3 Å². The molecule has 26 heavy (non-hydrogen) atoms. The third kappa shape index (κ3) is 5.26. The van der Waals surface area contributed by atoms with Gasteiger partial charge < -0.3 is 10.5 Å². The number of carbonyl (C=O) groups is 1. The SMILES string of the molecule is CC(C)(C)OC(=O)NC1(OC(F)(F)F)C=CC(c2ccccc2)C=C1N. The molecule has 3 N–H and O–H groups in total. The maximum Gasteiger partial charge on any atom is 0.525 e. The average molecular weight is 370 g/mol. The molecule has 1 aromatic rings. The van der Waals surface area contributed by atoms with Crippen LogP contribution in [0.3, 0.4) is 0 Å². The lowest BCUT2D eigenvalue weighted by Crippen LogP contribution is -2.56. The Morgan fingerprint density at radius 2 is 1.81 bits per heavy atom. The van der Waals surface area contributed by atoms with Crippen molar-refractivity contribution in [2.45, 2.75) is 44.4 Å². The van der Waals surface area contributed by atoms with Crippen LogP contribution in [0.25, 0.3) is 0 Å². The fourth-order valence-corrected chi connectivity index (χ4v) is 2.46. The van der Waals surface area contributed by atoms with E-state index in [1.54, 1.807) is 32.9 Å². The minimum atomic E-state index is -5.03. The third-order valence-corrected chi connectivity index (χ3v) is 3.47. The summed E-state index contributed by atoms with van der Waals surface area (Å²) in [4.78, 5) is 12.0. The van der Waals surface area contributed by atoms with Gasteiger partial charge in [-0.15, -0.1) is 13.2 Å². The topological polar surface area (TPSA) is 73.6 Å². The highest BCUT2D eigenvalue weighted by Crippen LogP contribution is 2.35. The van der Waals surface area contributed by atoms with Gasteiger partial charge in [0, 0.05) is 5.92 Å². The molecule has 0 bridgehead atoms. The van der Waals surface area contributed by atoms with Crippen molar-refractivity contribution in [1.29, 1.82) is 0 Å². The zero-order chi connectivity index (χ0) is 19.6. The average Bonchev–Trinajstić information content (AvgIpc) is 2.47. The monoisotopic (exact) mass is 370 g/mol. The summed E-state index contributed by atoms with van der Waals surface area (Å²) in [6.07, 6.45) is -2.15. The van der Waals surface area contributed by atoms with Gasteiger partial charge in [0.25, 0.3) is 0 Å². The first kappa shape index (κ1) is 19.8. The van der Waals surface area contributed by atoms with Crippen molar-refractivity contribution < 1.29 is 27.4 Å². The van der Waals surface area contributed by atoms with Gasteiger partial charge >= 0.3 is 12.5 Å². The molecule has 0 fully saturated rings. The normalized spacial score (nSPS) is 23.3. The lowest BCUT2D eigenvalue weighted by atomic mass is 9.90. The molecule has 0 heterocycles. The summed E-state index contributed by atoms with van der Waals surface area (Å²) in [5, 5.41) is 2.08. The van der Waals surface area contributed by atoms with Crippen LogP contribution in [-0.4, -0.2) is 23.8 Å². The number of nitrogens with two attached hydrogens (primary N) is 1.